The van der Waals surface area contributed by atoms with Crippen molar-refractivity contribution >= 4 is 5.91 Å². The fourth-order valence-corrected chi connectivity index (χ4v) is 3.48. The SMILES string of the molecule is Cc1cc(C)n(Cc2ccc(C(=O)N3C[C@H](CCO)[C@@H](N)C3)cc2)n1. The summed E-state index contributed by atoms with van der Waals surface area (Å²) in [5, 5.41) is 13.6. The van der Waals surface area contributed by atoms with E-state index in [1.54, 1.807) is 4.90 Å². The lowest BCUT2D eigenvalue weighted by Gasteiger charge is -2.16. The predicted octanol–water partition coefficient (Wildman–Crippen LogP) is 1.33. The summed E-state index contributed by atoms with van der Waals surface area (Å²) in [5.41, 5.74) is 10.00. The van der Waals surface area contributed by atoms with Gasteiger partial charge in [-0.3, -0.25) is 9.48 Å². The van der Waals surface area contributed by atoms with Gasteiger partial charge in [0.2, 0.25) is 0 Å². The quantitative estimate of drug-likeness (QED) is 0.858. The normalized spacial score (nSPS) is 20.2. The molecule has 3 N–H and O–H groups in total. The maximum absolute atomic E-state index is 12.7. The number of benzene rings is 1. The Morgan fingerprint density at radius 1 is 1.28 bits per heavy atom. The lowest BCUT2D eigenvalue weighted by atomic mass is 10.0. The van der Waals surface area contributed by atoms with E-state index in [0.717, 1.165) is 17.0 Å². The van der Waals surface area contributed by atoms with Crippen molar-refractivity contribution in [3.05, 3.63) is 52.8 Å². The average Bonchev–Trinajstić information content (AvgIpc) is 3.10. The van der Waals surface area contributed by atoms with Crippen LogP contribution in [-0.2, 0) is 6.54 Å². The number of hydrogen-bond acceptors (Lipinski definition) is 4. The van der Waals surface area contributed by atoms with Crippen molar-refractivity contribution in [2.24, 2.45) is 11.7 Å². The van der Waals surface area contributed by atoms with Crippen LogP contribution in [0.15, 0.2) is 30.3 Å². The number of aryl methyl sites for hydroxylation is 2. The van der Waals surface area contributed by atoms with Gasteiger partial charge in [-0.1, -0.05) is 12.1 Å². The molecular weight excluding hydrogens is 316 g/mol. The van der Waals surface area contributed by atoms with Gasteiger partial charge in [0, 0.05) is 37.0 Å². The van der Waals surface area contributed by atoms with Crippen LogP contribution in [0, 0.1) is 19.8 Å². The summed E-state index contributed by atoms with van der Waals surface area (Å²) >= 11 is 0. The molecule has 1 amide bonds. The summed E-state index contributed by atoms with van der Waals surface area (Å²) in [7, 11) is 0. The third-order valence-electron chi connectivity index (χ3n) is 4.92. The molecule has 3 rings (SSSR count). The van der Waals surface area contributed by atoms with Gasteiger partial charge in [-0.15, -0.1) is 0 Å². The molecule has 134 valence electrons. The molecule has 0 saturated carbocycles. The summed E-state index contributed by atoms with van der Waals surface area (Å²) in [4.78, 5) is 14.5. The van der Waals surface area contributed by atoms with Crippen LogP contribution in [-0.4, -0.2) is 51.4 Å². The fraction of sp³-hybridized carbons (Fsp3) is 0.474. The molecule has 0 spiro atoms. The minimum absolute atomic E-state index is 0.00792. The monoisotopic (exact) mass is 342 g/mol. The van der Waals surface area contributed by atoms with Gasteiger partial charge in [-0.2, -0.15) is 5.10 Å². The Labute approximate surface area is 148 Å². The van der Waals surface area contributed by atoms with Crippen molar-refractivity contribution in [2.75, 3.05) is 19.7 Å². The lowest BCUT2D eigenvalue weighted by molar-refractivity contribution is 0.0784. The van der Waals surface area contributed by atoms with Gasteiger partial charge in [0.15, 0.2) is 0 Å². The van der Waals surface area contributed by atoms with E-state index in [1.807, 2.05) is 42.8 Å². The van der Waals surface area contributed by atoms with Crippen molar-refractivity contribution in [1.82, 2.24) is 14.7 Å². The van der Waals surface area contributed by atoms with E-state index in [4.69, 9.17) is 10.8 Å². The van der Waals surface area contributed by atoms with Crippen LogP contribution >= 0.6 is 0 Å². The second-order valence-corrected chi connectivity index (χ2v) is 6.93. The molecule has 6 nitrogen and oxygen atoms in total. The number of nitrogens with zero attached hydrogens (tertiary/aromatic N) is 3. The number of hydrogen-bond donors (Lipinski definition) is 2. The molecule has 2 atom stereocenters. The largest absolute Gasteiger partial charge is 0.396 e. The molecule has 0 radical (unpaired) electrons. The zero-order valence-corrected chi connectivity index (χ0v) is 14.9. The van der Waals surface area contributed by atoms with Crippen LogP contribution in [0.5, 0.6) is 0 Å². The van der Waals surface area contributed by atoms with Crippen LogP contribution in [0.2, 0.25) is 0 Å². The smallest absolute Gasteiger partial charge is 0.253 e. The first-order valence-electron chi connectivity index (χ1n) is 8.73. The highest BCUT2D eigenvalue weighted by atomic mass is 16.3. The van der Waals surface area contributed by atoms with E-state index >= 15 is 0 Å². The Morgan fingerprint density at radius 3 is 2.60 bits per heavy atom. The minimum atomic E-state index is -0.0543. The molecule has 1 aromatic heterocycles. The molecule has 1 aliphatic rings. The molecule has 2 aromatic rings. The molecule has 0 unspecified atom stereocenters. The van der Waals surface area contributed by atoms with E-state index < -0.39 is 0 Å². The maximum atomic E-state index is 12.7. The topological polar surface area (TPSA) is 84.4 Å². The maximum Gasteiger partial charge on any atom is 0.253 e. The van der Waals surface area contributed by atoms with Crippen molar-refractivity contribution < 1.29 is 9.90 Å². The van der Waals surface area contributed by atoms with Crippen molar-refractivity contribution in [2.45, 2.75) is 32.9 Å². The molecular formula is C19H26N4O2. The van der Waals surface area contributed by atoms with Crippen LogP contribution in [0.4, 0.5) is 0 Å². The van der Waals surface area contributed by atoms with E-state index in [0.29, 0.717) is 31.6 Å². The Morgan fingerprint density at radius 2 is 2.00 bits per heavy atom. The summed E-state index contributed by atoms with van der Waals surface area (Å²) in [6.45, 7) is 6.00. The number of amides is 1. The van der Waals surface area contributed by atoms with Crippen molar-refractivity contribution in [3.8, 4) is 0 Å². The Kier molecular flexibility index (Phi) is 5.20. The minimum Gasteiger partial charge on any atom is -0.396 e. The summed E-state index contributed by atoms with van der Waals surface area (Å²) in [6.07, 6.45) is 0.645. The number of likely N-dealkylation sites (tertiary alicyclic amines) is 1. The predicted molar refractivity (Wildman–Crippen MR) is 96.3 cm³/mol. The number of carbonyl (C=O) groups is 1. The van der Waals surface area contributed by atoms with Crippen LogP contribution in [0.25, 0.3) is 0 Å². The molecule has 1 aromatic carbocycles. The standard InChI is InChI=1S/C19H26N4O2/c1-13-9-14(2)23(21-13)10-15-3-5-16(6-4-15)19(25)22-11-17(7-8-24)18(20)12-22/h3-6,9,17-18,24H,7-8,10-12,20H2,1-2H3/t17-,18-/m0/s1. The van der Waals surface area contributed by atoms with Gasteiger partial charge in [-0.05, 0) is 49.9 Å². The zero-order valence-electron chi connectivity index (χ0n) is 14.9. The first-order valence-corrected chi connectivity index (χ1v) is 8.73. The van der Waals surface area contributed by atoms with E-state index in [2.05, 4.69) is 11.2 Å². The molecule has 0 aliphatic carbocycles. The summed E-state index contributed by atoms with van der Waals surface area (Å²) < 4.78 is 1.96. The van der Waals surface area contributed by atoms with Crippen molar-refractivity contribution in [3.63, 3.8) is 0 Å². The lowest BCUT2D eigenvalue weighted by Crippen LogP contribution is -2.32. The first kappa shape index (κ1) is 17.6. The highest BCUT2D eigenvalue weighted by molar-refractivity contribution is 5.94. The van der Waals surface area contributed by atoms with Gasteiger partial charge >= 0.3 is 0 Å². The first-order chi connectivity index (χ1) is 12.0. The van der Waals surface area contributed by atoms with Crippen LogP contribution < -0.4 is 5.73 Å². The van der Waals surface area contributed by atoms with Gasteiger partial charge in [-0.25, -0.2) is 0 Å². The molecule has 25 heavy (non-hydrogen) atoms. The number of carbonyl (C=O) groups excluding carboxylic acids is 1. The second kappa shape index (κ2) is 7.37. The Balaban J connectivity index is 1.66. The number of nitrogens with two attached hydrogens (primary N) is 1. The molecule has 0 bridgehead atoms. The molecule has 1 saturated heterocycles. The number of aromatic nitrogens is 2. The molecule has 1 fully saturated rings. The van der Waals surface area contributed by atoms with E-state index in [-0.39, 0.29) is 24.5 Å². The summed E-state index contributed by atoms with van der Waals surface area (Å²) in [6, 6.07) is 9.69. The number of rotatable bonds is 5. The van der Waals surface area contributed by atoms with E-state index in [1.165, 1.54) is 0 Å². The molecule has 1 aliphatic heterocycles. The zero-order chi connectivity index (χ0) is 18.0. The fourth-order valence-electron chi connectivity index (χ4n) is 3.48. The van der Waals surface area contributed by atoms with Crippen molar-refractivity contribution in [1.29, 1.82) is 0 Å². The average molecular weight is 342 g/mol. The molecule has 6 heteroatoms. The Bertz CT molecular complexity index is 738. The van der Waals surface area contributed by atoms with Gasteiger partial charge in [0.1, 0.15) is 0 Å². The van der Waals surface area contributed by atoms with Crippen LogP contribution in [0.3, 0.4) is 0 Å². The third-order valence-corrected chi connectivity index (χ3v) is 4.92. The second-order valence-electron chi connectivity index (χ2n) is 6.93. The highest BCUT2D eigenvalue weighted by Crippen LogP contribution is 2.21. The van der Waals surface area contributed by atoms with E-state index in [9.17, 15) is 4.79 Å². The van der Waals surface area contributed by atoms with Gasteiger partial charge < -0.3 is 15.7 Å². The van der Waals surface area contributed by atoms with Crippen LogP contribution in [0.1, 0.15) is 33.7 Å². The number of aliphatic hydroxyl groups is 1. The molecule has 2 heterocycles. The van der Waals surface area contributed by atoms with Gasteiger partial charge in [0.05, 0.1) is 12.2 Å². The number of aliphatic hydroxyl groups excluding tert-OH is 1. The Hall–Kier alpha value is -2.18. The van der Waals surface area contributed by atoms with Gasteiger partial charge in [0.25, 0.3) is 5.91 Å². The summed E-state index contributed by atoms with van der Waals surface area (Å²) in [5.74, 6) is 0.188. The highest BCUT2D eigenvalue weighted by Gasteiger charge is 2.32. The third kappa shape index (κ3) is 3.91.